The van der Waals surface area contributed by atoms with Crippen molar-refractivity contribution in [3.05, 3.63) is 12.7 Å². The molecule has 2 heterocycles. The van der Waals surface area contributed by atoms with E-state index in [-0.39, 0.29) is 34.8 Å². The molecule has 0 aliphatic carbocycles. The average Bonchev–Trinajstić information content (AvgIpc) is 3.48. The summed E-state index contributed by atoms with van der Waals surface area (Å²) in [4.78, 5) is 24.3. The van der Waals surface area contributed by atoms with Crippen LogP contribution >= 0.6 is 7.60 Å². The van der Waals surface area contributed by atoms with Crippen molar-refractivity contribution in [2.24, 2.45) is 0 Å². The molecule has 0 saturated carbocycles. The fraction of sp³-hybridized carbons (Fsp3) is 0.818. The fourth-order valence-corrected chi connectivity index (χ4v) is 7.94. The number of rotatable bonds is 30. The molecule has 0 spiro atoms. The molecule has 3 atom stereocenters. The summed E-state index contributed by atoms with van der Waals surface area (Å²) in [6, 6.07) is 0. The first-order chi connectivity index (χ1) is 23.3. The number of nitrogens with two attached hydrogens (primary N) is 1. The van der Waals surface area contributed by atoms with Crippen molar-refractivity contribution >= 4 is 51.4 Å². The van der Waals surface area contributed by atoms with Gasteiger partial charge in [-0.25, -0.2) is 19.7 Å². The van der Waals surface area contributed by atoms with Crippen molar-refractivity contribution in [2.45, 2.75) is 136 Å². The summed E-state index contributed by atoms with van der Waals surface area (Å²) in [5, 5.41) is 0. The van der Waals surface area contributed by atoms with Crippen LogP contribution in [0.3, 0.4) is 0 Å². The molecule has 0 aliphatic rings. The van der Waals surface area contributed by atoms with Gasteiger partial charge in [0.15, 0.2) is 11.5 Å². The van der Waals surface area contributed by atoms with Gasteiger partial charge in [-0.15, -0.1) is 9.45 Å². The lowest BCUT2D eigenvalue weighted by atomic mass is 10.0. The molecule has 12 nitrogen and oxygen atoms in total. The Morgan fingerprint density at radius 2 is 1.48 bits per heavy atom. The molecule has 2 aromatic heterocycles. The number of carbonyl (C=O) groups excluding carboxylic acids is 1. The molecule has 0 aliphatic heterocycles. The zero-order chi connectivity index (χ0) is 34.9. The van der Waals surface area contributed by atoms with Gasteiger partial charge < -0.3 is 29.0 Å². The van der Waals surface area contributed by atoms with Crippen molar-refractivity contribution < 1.29 is 32.6 Å². The molecular weight excluding hydrogens is 673 g/mol. The summed E-state index contributed by atoms with van der Waals surface area (Å²) < 4.78 is 42.4. The number of hydrogen-bond acceptors (Lipinski definition) is 12. The van der Waals surface area contributed by atoms with E-state index in [1.54, 1.807) is 10.9 Å². The van der Waals surface area contributed by atoms with E-state index in [0.717, 1.165) is 25.0 Å². The largest absolute Gasteiger partial charge is 0.510 e. The van der Waals surface area contributed by atoms with Gasteiger partial charge in [0.05, 0.1) is 32.2 Å². The lowest BCUT2D eigenvalue weighted by molar-refractivity contribution is -0.00794. The van der Waals surface area contributed by atoms with Crippen LogP contribution in [0, 0.1) is 0 Å². The van der Waals surface area contributed by atoms with Crippen LogP contribution in [0.25, 0.3) is 11.2 Å². The topological polar surface area (TPSA) is 150 Å². The highest BCUT2D eigenvalue weighted by atomic mass is 32.8. The third kappa shape index (κ3) is 18.9. The Kier molecular flexibility index (Phi) is 23.1. The molecule has 276 valence electrons. The van der Waals surface area contributed by atoms with E-state index >= 15 is 0 Å². The van der Waals surface area contributed by atoms with Crippen LogP contribution in [0.5, 0.6) is 0 Å². The Morgan fingerprint density at radius 3 is 2.12 bits per heavy atom. The smallest absolute Gasteiger partial charge is 0.434 e. The Morgan fingerprint density at radius 1 is 0.854 bits per heavy atom. The van der Waals surface area contributed by atoms with E-state index < -0.39 is 26.6 Å². The minimum Gasteiger partial charge on any atom is -0.434 e. The van der Waals surface area contributed by atoms with Crippen LogP contribution in [0.15, 0.2) is 12.7 Å². The number of hydrogen-bond donors (Lipinski definition) is 1. The standard InChI is InChI=1S/C33H60N5O7PS2/c1-4-6-8-9-10-11-12-13-14-15-16-17-18-19-22-48(47)23-21-44-46(40,45-27-42-33(39)41-20-7-5-2)28-43-29(3)24-38-26-37-30-31(34)35-25-36-32(30)38/h25-26,29H,4-24,27-28H2,1-3H3,(H2,34,35,36)/t29-,46?,48?/m1/s1. The van der Waals surface area contributed by atoms with Gasteiger partial charge in [-0.3, -0.25) is 9.09 Å². The molecule has 0 bridgehead atoms. The normalized spacial score (nSPS) is 14.1. The fourth-order valence-electron chi connectivity index (χ4n) is 5.02. The van der Waals surface area contributed by atoms with Crippen molar-refractivity contribution in [3.8, 4) is 0 Å². The van der Waals surface area contributed by atoms with Gasteiger partial charge in [0, 0.05) is 5.75 Å². The molecule has 0 aromatic carbocycles. The van der Waals surface area contributed by atoms with Gasteiger partial charge in [-0.1, -0.05) is 115 Å². The molecule has 2 N–H and O–H groups in total. The summed E-state index contributed by atoms with van der Waals surface area (Å²) in [6.45, 7) is 6.25. The first-order valence-electron chi connectivity index (χ1n) is 17.8. The van der Waals surface area contributed by atoms with Gasteiger partial charge in [0.2, 0.25) is 6.79 Å². The van der Waals surface area contributed by atoms with Crippen LogP contribution in [0.4, 0.5) is 10.6 Å². The van der Waals surface area contributed by atoms with Crippen molar-refractivity contribution in [1.82, 2.24) is 19.5 Å². The Balaban J connectivity index is 1.69. The van der Waals surface area contributed by atoms with E-state index in [9.17, 15) is 9.36 Å². The molecule has 0 fully saturated rings. The maximum absolute atomic E-state index is 13.6. The Bertz CT molecular complexity index is 1220. The van der Waals surface area contributed by atoms with Gasteiger partial charge in [0.1, 0.15) is 18.2 Å². The maximum atomic E-state index is 13.6. The van der Waals surface area contributed by atoms with Crippen LogP contribution in [0.1, 0.15) is 124 Å². The Hall–Kier alpha value is -1.70. The molecule has 0 amide bonds. The summed E-state index contributed by atoms with van der Waals surface area (Å²) >= 11 is 5.68. The second kappa shape index (κ2) is 26.2. The van der Waals surface area contributed by atoms with Gasteiger partial charge in [-0.2, -0.15) is 0 Å². The SMILES string of the molecule is CCCCCCCCCCCCCCCCS(=S)CCOP(=O)(CO[C@H](C)Cn1cnc2c(N)ncnc21)OCOC(=O)OCCCC. The minimum absolute atomic E-state index is 0.156. The number of unbranched alkanes of at least 4 members (excludes halogenated alkanes) is 14. The molecule has 2 rings (SSSR count). The van der Waals surface area contributed by atoms with E-state index in [1.807, 2.05) is 13.8 Å². The van der Waals surface area contributed by atoms with E-state index in [0.29, 0.717) is 23.5 Å². The third-order valence-corrected chi connectivity index (χ3v) is 11.8. The minimum atomic E-state index is -3.79. The van der Waals surface area contributed by atoms with Crippen molar-refractivity contribution in [2.75, 3.05) is 43.6 Å². The highest BCUT2D eigenvalue weighted by Crippen LogP contribution is 2.48. The number of carbonyl (C=O) groups is 1. The number of aromatic nitrogens is 4. The van der Waals surface area contributed by atoms with Crippen LogP contribution in [-0.4, -0.2) is 69.6 Å². The first kappa shape index (κ1) is 42.5. The highest BCUT2D eigenvalue weighted by Gasteiger charge is 2.28. The quantitative estimate of drug-likeness (QED) is 0.0355. The number of anilines is 1. The molecule has 0 radical (unpaired) electrons. The highest BCUT2D eigenvalue weighted by molar-refractivity contribution is 8.28. The van der Waals surface area contributed by atoms with Gasteiger partial charge in [-0.05, 0) is 25.5 Å². The number of ether oxygens (including phenoxy) is 3. The number of imidazole rings is 1. The molecule has 2 unspecified atom stereocenters. The molecule has 0 saturated heterocycles. The zero-order valence-corrected chi connectivity index (χ0v) is 32.0. The second-order valence-corrected chi connectivity index (χ2v) is 17.3. The summed E-state index contributed by atoms with van der Waals surface area (Å²) in [5.74, 6) is 1.81. The van der Waals surface area contributed by atoms with E-state index in [4.69, 9.17) is 40.2 Å². The first-order valence-corrected chi connectivity index (χ1v) is 22.0. The average molecular weight is 734 g/mol. The van der Waals surface area contributed by atoms with Crippen LogP contribution in [-0.2, 0) is 55.0 Å². The number of fused-ring (bicyclic) bond motifs is 1. The lowest BCUT2D eigenvalue weighted by Gasteiger charge is -2.21. The summed E-state index contributed by atoms with van der Waals surface area (Å²) in [5.41, 5.74) is 6.95. The number of nitrogen functional groups attached to an aromatic ring is 1. The molecule has 2 aromatic rings. The van der Waals surface area contributed by atoms with Gasteiger partial charge in [0.25, 0.3) is 0 Å². The predicted octanol–water partition coefficient (Wildman–Crippen LogP) is 8.47. The monoisotopic (exact) mass is 733 g/mol. The van der Waals surface area contributed by atoms with Crippen molar-refractivity contribution in [3.63, 3.8) is 0 Å². The number of nitrogens with zero attached hydrogens (tertiary/aromatic N) is 4. The second-order valence-electron chi connectivity index (χ2n) is 12.2. The van der Waals surface area contributed by atoms with Crippen molar-refractivity contribution in [1.29, 1.82) is 0 Å². The third-order valence-electron chi connectivity index (χ3n) is 7.87. The Labute approximate surface area is 295 Å². The predicted molar refractivity (Wildman–Crippen MR) is 197 cm³/mol. The molecule has 48 heavy (non-hydrogen) atoms. The maximum Gasteiger partial charge on any atom is 0.510 e. The lowest BCUT2D eigenvalue weighted by Crippen LogP contribution is -2.19. The van der Waals surface area contributed by atoms with Gasteiger partial charge >= 0.3 is 13.8 Å². The molecule has 15 heteroatoms. The van der Waals surface area contributed by atoms with E-state index in [2.05, 4.69) is 21.9 Å². The summed E-state index contributed by atoms with van der Waals surface area (Å²) in [6.07, 6.45) is 21.4. The zero-order valence-electron chi connectivity index (χ0n) is 29.5. The summed E-state index contributed by atoms with van der Waals surface area (Å²) in [7, 11) is -4.08. The van der Waals surface area contributed by atoms with Crippen LogP contribution < -0.4 is 5.73 Å². The molecular formula is C33H60N5O7PS2. The van der Waals surface area contributed by atoms with Crippen LogP contribution in [0.2, 0.25) is 0 Å². The van der Waals surface area contributed by atoms with E-state index in [1.165, 1.54) is 89.8 Å².